The Balaban J connectivity index is 2.63. The van der Waals surface area contributed by atoms with Crippen LogP contribution in [0.3, 0.4) is 0 Å². The summed E-state index contributed by atoms with van der Waals surface area (Å²) in [5.74, 6) is -0.585. The predicted molar refractivity (Wildman–Crippen MR) is 75.2 cm³/mol. The minimum absolute atomic E-state index is 0.0409. The lowest BCUT2D eigenvalue weighted by molar-refractivity contribution is -0.136. The van der Waals surface area contributed by atoms with Crippen LogP contribution in [0.5, 0.6) is 0 Å². The third kappa shape index (κ3) is 4.62. The fourth-order valence-corrected chi connectivity index (χ4v) is 1.87. The molecular formula is C14H21N3O2. The molecule has 0 unspecified atom stereocenters. The summed E-state index contributed by atoms with van der Waals surface area (Å²) in [6.07, 6.45) is 0.882. The standard InChI is InChI=1S/C14H21N3O2/c1-10(2)17(9-13(16)18)14(19)8-7-11-5-3-4-6-12(11)15/h3-6,10H,7-9,15H2,1-2H3,(H2,16,18). The average Bonchev–Trinajstić information content (AvgIpc) is 2.34. The molecule has 0 saturated carbocycles. The minimum Gasteiger partial charge on any atom is -0.399 e. The van der Waals surface area contributed by atoms with Gasteiger partial charge in [-0.15, -0.1) is 0 Å². The van der Waals surface area contributed by atoms with E-state index in [0.717, 1.165) is 5.56 Å². The van der Waals surface area contributed by atoms with Gasteiger partial charge in [-0.1, -0.05) is 18.2 Å². The third-order valence-electron chi connectivity index (χ3n) is 2.93. The molecule has 0 atom stereocenters. The zero-order valence-corrected chi connectivity index (χ0v) is 11.4. The van der Waals surface area contributed by atoms with Crippen molar-refractivity contribution in [2.75, 3.05) is 12.3 Å². The van der Waals surface area contributed by atoms with Crippen LogP contribution in [0.1, 0.15) is 25.8 Å². The van der Waals surface area contributed by atoms with Crippen molar-refractivity contribution in [2.45, 2.75) is 32.7 Å². The van der Waals surface area contributed by atoms with Crippen LogP contribution in [0.25, 0.3) is 0 Å². The van der Waals surface area contributed by atoms with Crippen molar-refractivity contribution in [2.24, 2.45) is 5.73 Å². The molecular weight excluding hydrogens is 242 g/mol. The molecule has 5 nitrogen and oxygen atoms in total. The summed E-state index contributed by atoms with van der Waals surface area (Å²) in [5, 5.41) is 0. The van der Waals surface area contributed by atoms with Crippen LogP contribution in [-0.4, -0.2) is 29.3 Å². The molecule has 0 saturated heterocycles. The summed E-state index contributed by atoms with van der Waals surface area (Å²) in [7, 11) is 0. The van der Waals surface area contributed by atoms with Gasteiger partial charge in [-0.3, -0.25) is 9.59 Å². The highest BCUT2D eigenvalue weighted by Crippen LogP contribution is 2.14. The highest BCUT2D eigenvalue weighted by Gasteiger charge is 2.18. The Morgan fingerprint density at radius 3 is 2.42 bits per heavy atom. The van der Waals surface area contributed by atoms with E-state index in [9.17, 15) is 9.59 Å². The van der Waals surface area contributed by atoms with Crippen LogP contribution in [0.2, 0.25) is 0 Å². The Labute approximate surface area is 113 Å². The summed E-state index contributed by atoms with van der Waals surface area (Å²) in [6.45, 7) is 3.68. The number of carbonyl (C=O) groups excluding carboxylic acids is 2. The van der Waals surface area contributed by atoms with Gasteiger partial charge in [-0.2, -0.15) is 0 Å². The number of anilines is 1. The second-order valence-electron chi connectivity index (χ2n) is 4.78. The van der Waals surface area contributed by atoms with Gasteiger partial charge in [0.15, 0.2) is 0 Å². The average molecular weight is 263 g/mol. The molecule has 104 valence electrons. The molecule has 0 radical (unpaired) electrons. The number of para-hydroxylation sites is 1. The van der Waals surface area contributed by atoms with Gasteiger partial charge in [0.05, 0.1) is 6.54 Å². The maximum Gasteiger partial charge on any atom is 0.237 e. The zero-order chi connectivity index (χ0) is 14.4. The quantitative estimate of drug-likeness (QED) is 0.748. The molecule has 0 spiro atoms. The van der Waals surface area contributed by atoms with E-state index in [1.54, 1.807) is 0 Å². The lowest BCUT2D eigenvalue weighted by Crippen LogP contribution is -2.42. The van der Waals surface area contributed by atoms with Gasteiger partial charge >= 0.3 is 0 Å². The van der Waals surface area contributed by atoms with E-state index < -0.39 is 5.91 Å². The Morgan fingerprint density at radius 1 is 1.26 bits per heavy atom. The van der Waals surface area contributed by atoms with Crippen molar-refractivity contribution in [1.82, 2.24) is 4.90 Å². The molecule has 0 aliphatic carbocycles. The second kappa shape index (κ2) is 6.78. The summed E-state index contributed by atoms with van der Waals surface area (Å²) < 4.78 is 0. The van der Waals surface area contributed by atoms with Crippen LogP contribution >= 0.6 is 0 Å². The predicted octanol–water partition coefficient (Wildman–Crippen LogP) is 0.924. The van der Waals surface area contributed by atoms with Crippen molar-refractivity contribution in [1.29, 1.82) is 0 Å². The molecule has 1 aromatic rings. The number of benzene rings is 1. The summed E-state index contributed by atoms with van der Waals surface area (Å²) in [5.41, 5.74) is 12.6. The van der Waals surface area contributed by atoms with Crippen LogP contribution in [-0.2, 0) is 16.0 Å². The van der Waals surface area contributed by atoms with E-state index in [-0.39, 0.29) is 18.5 Å². The molecule has 0 aliphatic rings. The lowest BCUT2D eigenvalue weighted by Gasteiger charge is -2.25. The molecule has 0 aliphatic heterocycles. The second-order valence-corrected chi connectivity index (χ2v) is 4.78. The van der Waals surface area contributed by atoms with Gasteiger partial charge in [-0.05, 0) is 31.9 Å². The Morgan fingerprint density at radius 2 is 1.89 bits per heavy atom. The maximum atomic E-state index is 12.1. The van der Waals surface area contributed by atoms with E-state index in [4.69, 9.17) is 11.5 Å². The van der Waals surface area contributed by atoms with E-state index in [0.29, 0.717) is 18.5 Å². The van der Waals surface area contributed by atoms with Gasteiger partial charge in [0.2, 0.25) is 11.8 Å². The number of carbonyl (C=O) groups is 2. The molecule has 0 fully saturated rings. The van der Waals surface area contributed by atoms with E-state index in [1.807, 2.05) is 38.1 Å². The van der Waals surface area contributed by atoms with Gasteiger partial charge < -0.3 is 16.4 Å². The molecule has 0 heterocycles. The normalized spacial score (nSPS) is 10.5. The fourth-order valence-electron chi connectivity index (χ4n) is 1.87. The number of primary amides is 1. The largest absolute Gasteiger partial charge is 0.399 e. The summed E-state index contributed by atoms with van der Waals surface area (Å²) in [6, 6.07) is 7.40. The topological polar surface area (TPSA) is 89.4 Å². The minimum atomic E-state index is -0.499. The Bertz CT molecular complexity index is 458. The molecule has 19 heavy (non-hydrogen) atoms. The number of hydrogen-bond acceptors (Lipinski definition) is 3. The van der Waals surface area contributed by atoms with Crippen molar-refractivity contribution in [3.05, 3.63) is 29.8 Å². The van der Waals surface area contributed by atoms with Gasteiger partial charge in [0.25, 0.3) is 0 Å². The first-order chi connectivity index (χ1) is 8.91. The van der Waals surface area contributed by atoms with Crippen molar-refractivity contribution >= 4 is 17.5 Å². The molecule has 0 aromatic heterocycles. The van der Waals surface area contributed by atoms with Crippen molar-refractivity contribution in [3.8, 4) is 0 Å². The molecule has 1 aromatic carbocycles. The first-order valence-electron chi connectivity index (χ1n) is 6.33. The molecule has 5 heteroatoms. The SMILES string of the molecule is CC(C)N(CC(N)=O)C(=O)CCc1ccccc1N. The first-order valence-corrected chi connectivity index (χ1v) is 6.33. The van der Waals surface area contributed by atoms with E-state index in [1.165, 1.54) is 4.90 Å². The molecule has 0 bridgehead atoms. The number of aryl methyl sites for hydroxylation is 1. The number of nitrogen functional groups attached to an aromatic ring is 1. The van der Waals surface area contributed by atoms with Crippen LogP contribution in [0.15, 0.2) is 24.3 Å². The lowest BCUT2D eigenvalue weighted by atomic mass is 10.1. The number of hydrogen-bond donors (Lipinski definition) is 2. The Kier molecular flexibility index (Phi) is 5.36. The van der Waals surface area contributed by atoms with Gasteiger partial charge in [-0.25, -0.2) is 0 Å². The maximum absolute atomic E-state index is 12.1. The smallest absolute Gasteiger partial charge is 0.237 e. The molecule has 2 amide bonds. The highest BCUT2D eigenvalue weighted by atomic mass is 16.2. The third-order valence-corrected chi connectivity index (χ3v) is 2.93. The summed E-state index contributed by atoms with van der Waals surface area (Å²) >= 11 is 0. The fraction of sp³-hybridized carbons (Fsp3) is 0.429. The van der Waals surface area contributed by atoms with Crippen LogP contribution in [0.4, 0.5) is 5.69 Å². The van der Waals surface area contributed by atoms with Gasteiger partial charge in [0.1, 0.15) is 0 Å². The van der Waals surface area contributed by atoms with Crippen molar-refractivity contribution < 1.29 is 9.59 Å². The molecule has 1 rings (SSSR count). The summed E-state index contributed by atoms with van der Waals surface area (Å²) in [4.78, 5) is 24.5. The number of amides is 2. The van der Waals surface area contributed by atoms with Crippen LogP contribution in [0, 0.1) is 0 Å². The van der Waals surface area contributed by atoms with E-state index >= 15 is 0 Å². The Hall–Kier alpha value is -2.04. The molecule has 4 N–H and O–H groups in total. The monoisotopic (exact) mass is 263 g/mol. The number of nitrogens with zero attached hydrogens (tertiary/aromatic N) is 1. The number of rotatable bonds is 6. The van der Waals surface area contributed by atoms with Gasteiger partial charge in [0, 0.05) is 18.2 Å². The highest BCUT2D eigenvalue weighted by molar-refractivity contribution is 5.84. The zero-order valence-electron chi connectivity index (χ0n) is 11.4. The number of nitrogens with two attached hydrogens (primary N) is 2. The van der Waals surface area contributed by atoms with Crippen molar-refractivity contribution in [3.63, 3.8) is 0 Å². The first kappa shape index (κ1) is 15.0. The van der Waals surface area contributed by atoms with E-state index in [2.05, 4.69) is 0 Å². The van der Waals surface area contributed by atoms with Crippen LogP contribution < -0.4 is 11.5 Å².